The number of nitrogens with zero attached hydrogens (tertiary/aromatic N) is 1. The molecule has 0 aliphatic carbocycles. The quantitative estimate of drug-likeness (QED) is 0.606. The summed E-state index contributed by atoms with van der Waals surface area (Å²) in [6.45, 7) is 4.18. The molecule has 0 bridgehead atoms. The van der Waals surface area contributed by atoms with Gasteiger partial charge in [0, 0.05) is 12.4 Å². The zero-order valence-corrected chi connectivity index (χ0v) is 6.68. The molecule has 0 fully saturated rings. The minimum atomic E-state index is 1.05. The number of fused-ring (bicyclic) bond motifs is 1. The normalized spacial score (nSPS) is 10.7. The van der Waals surface area contributed by atoms with E-state index in [1.807, 2.05) is 18.5 Å². The Balaban J connectivity index is 2.93. The fourth-order valence-electron chi connectivity index (χ4n) is 1.23. The van der Waals surface area contributed by atoms with Gasteiger partial charge in [0.05, 0.1) is 11.0 Å². The second-order valence-electron chi connectivity index (χ2n) is 2.80. The van der Waals surface area contributed by atoms with Crippen LogP contribution in [0.25, 0.3) is 11.0 Å². The highest BCUT2D eigenvalue weighted by Crippen LogP contribution is 2.16. The minimum absolute atomic E-state index is 1.05. The fraction of sp³-hybridized carbons (Fsp3) is 0.222. The summed E-state index contributed by atoms with van der Waals surface area (Å²) in [6, 6.07) is 1.99. The monoisotopic (exact) mass is 146 g/mol. The fourth-order valence-corrected chi connectivity index (χ4v) is 1.23. The molecule has 0 amide bonds. The molecule has 1 N–H and O–H groups in total. The van der Waals surface area contributed by atoms with Crippen molar-refractivity contribution >= 4 is 11.0 Å². The van der Waals surface area contributed by atoms with E-state index in [4.69, 9.17) is 0 Å². The molecule has 0 saturated carbocycles. The molecular formula is C9H10N2. The van der Waals surface area contributed by atoms with Crippen molar-refractivity contribution in [2.45, 2.75) is 13.8 Å². The average Bonchev–Trinajstić information content (AvgIpc) is 2.45. The second-order valence-corrected chi connectivity index (χ2v) is 2.80. The van der Waals surface area contributed by atoms with E-state index in [0.29, 0.717) is 0 Å². The average molecular weight is 146 g/mol. The lowest BCUT2D eigenvalue weighted by Gasteiger charge is -1.98. The Bertz CT molecular complexity index is 387. The van der Waals surface area contributed by atoms with Crippen molar-refractivity contribution in [3.63, 3.8) is 0 Å². The van der Waals surface area contributed by atoms with Crippen molar-refractivity contribution in [3.05, 3.63) is 29.6 Å². The molecule has 11 heavy (non-hydrogen) atoms. The van der Waals surface area contributed by atoms with Crippen LogP contribution in [0.5, 0.6) is 0 Å². The minimum Gasteiger partial charge on any atom is -0.360 e. The van der Waals surface area contributed by atoms with Crippen LogP contribution < -0.4 is 0 Å². The molecule has 0 unspecified atom stereocenters. The number of hydrogen-bond acceptors (Lipinski definition) is 1. The lowest BCUT2D eigenvalue weighted by molar-refractivity contribution is 1.27. The Hall–Kier alpha value is -1.31. The highest BCUT2D eigenvalue weighted by molar-refractivity contribution is 5.78. The van der Waals surface area contributed by atoms with Gasteiger partial charge in [0.2, 0.25) is 0 Å². The molecular weight excluding hydrogens is 136 g/mol. The number of hydrogen-bond donors (Lipinski definition) is 1. The summed E-state index contributed by atoms with van der Waals surface area (Å²) in [5.41, 5.74) is 4.73. The van der Waals surface area contributed by atoms with Gasteiger partial charge in [-0.2, -0.15) is 0 Å². The SMILES string of the molecule is Cc1cnc2cc[nH]c2c1C. The van der Waals surface area contributed by atoms with Gasteiger partial charge in [-0.25, -0.2) is 0 Å². The van der Waals surface area contributed by atoms with E-state index in [9.17, 15) is 0 Å². The van der Waals surface area contributed by atoms with Crippen LogP contribution in [-0.4, -0.2) is 9.97 Å². The number of pyridine rings is 1. The molecule has 2 aromatic rings. The molecule has 56 valence electrons. The lowest BCUT2D eigenvalue weighted by atomic mass is 10.1. The third-order valence-corrected chi connectivity index (χ3v) is 2.09. The van der Waals surface area contributed by atoms with Gasteiger partial charge in [0.15, 0.2) is 0 Å². The third kappa shape index (κ3) is 0.827. The summed E-state index contributed by atoms with van der Waals surface area (Å²) in [7, 11) is 0. The Labute approximate surface area is 65.3 Å². The summed E-state index contributed by atoms with van der Waals surface area (Å²) in [5, 5.41) is 0. The Morgan fingerprint density at radius 2 is 2.18 bits per heavy atom. The van der Waals surface area contributed by atoms with E-state index in [0.717, 1.165) is 11.0 Å². The molecule has 2 heterocycles. The number of aromatic amines is 1. The molecule has 2 nitrogen and oxygen atoms in total. The smallest absolute Gasteiger partial charge is 0.0881 e. The van der Waals surface area contributed by atoms with E-state index in [2.05, 4.69) is 23.8 Å². The van der Waals surface area contributed by atoms with E-state index in [1.165, 1.54) is 11.1 Å². The van der Waals surface area contributed by atoms with E-state index in [1.54, 1.807) is 0 Å². The first-order valence-electron chi connectivity index (χ1n) is 3.68. The second kappa shape index (κ2) is 2.09. The van der Waals surface area contributed by atoms with E-state index >= 15 is 0 Å². The number of rotatable bonds is 0. The molecule has 0 aromatic carbocycles. The van der Waals surface area contributed by atoms with Gasteiger partial charge < -0.3 is 4.98 Å². The van der Waals surface area contributed by atoms with Crippen molar-refractivity contribution < 1.29 is 0 Å². The van der Waals surface area contributed by atoms with Gasteiger partial charge in [-0.05, 0) is 31.0 Å². The maximum Gasteiger partial charge on any atom is 0.0881 e. The number of H-pyrrole nitrogens is 1. The molecule has 2 rings (SSSR count). The maximum atomic E-state index is 4.27. The summed E-state index contributed by atoms with van der Waals surface area (Å²) < 4.78 is 0. The predicted molar refractivity (Wildman–Crippen MR) is 45.6 cm³/mol. The van der Waals surface area contributed by atoms with Crippen LogP contribution >= 0.6 is 0 Å². The van der Waals surface area contributed by atoms with Gasteiger partial charge >= 0.3 is 0 Å². The van der Waals surface area contributed by atoms with Gasteiger partial charge in [-0.3, -0.25) is 4.98 Å². The molecule has 0 aliphatic rings. The number of aryl methyl sites for hydroxylation is 2. The van der Waals surface area contributed by atoms with Crippen molar-refractivity contribution in [3.8, 4) is 0 Å². The first kappa shape index (κ1) is 6.40. The van der Waals surface area contributed by atoms with Crippen molar-refractivity contribution in [2.24, 2.45) is 0 Å². The van der Waals surface area contributed by atoms with Crippen molar-refractivity contribution in [1.82, 2.24) is 9.97 Å². The van der Waals surface area contributed by atoms with Crippen LogP contribution in [0.1, 0.15) is 11.1 Å². The summed E-state index contributed by atoms with van der Waals surface area (Å²) in [6.07, 6.45) is 3.83. The Morgan fingerprint density at radius 3 is 3.00 bits per heavy atom. The van der Waals surface area contributed by atoms with Crippen molar-refractivity contribution in [2.75, 3.05) is 0 Å². The van der Waals surface area contributed by atoms with Gasteiger partial charge in [0.1, 0.15) is 0 Å². The molecule has 2 aromatic heterocycles. The summed E-state index contributed by atoms with van der Waals surface area (Å²) >= 11 is 0. The van der Waals surface area contributed by atoms with Crippen LogP contribution in [0.2, 0.25) is 0 Å². The molecule has 0 atom stereocenters. The summed E-state index contributed by atoms with van der Waals surface area (Å²) in [5.74, 6) is 0. The van der Waals surface area contributed by atoms with Gasteiger partial charge in [-0.15, -0.1) is 0 Å². The van der Waals surface area contributed by atoms with Crippen LogP contribution in [0.15, 0.2) is 18.5 Å². The topological polar surface area (TPSA) is 28.7 Å². The van der Waals surface area contributed by atoms with Crippen LogP contribution in [0, 0.1) is 13.8 Å². The molecule has 0 radical (unpaired) electrons. The van der Waals surface area contributed by atoms with E-state index < -0.39 is 0 Å². The molecule has 2 heteroatoms. The third-order valence-electron chi connectivity index (χ3n) is 2.09. The van der Waals surface area contributed by atoms with Crippen LogP contribution in [0.4, 0.5) is 0 Å². The van der Waals surface area contributed by atoms with E-state index in [-0.39, 0.29) is 0 Å². The molecule has 0 spiro atoms. The largest absolute Gasteiger partial charge is 0.360 e. The van der Waals surface area contributed by atoms with Crippen LogP contribution in [0.3, 0.4) is 0 Å². The van der Waals surface area contributed by atoms with Crippen molar-refractivity contribution in [1.29, 1.82) is 0 Å². The lowest BCUT2D eigenvalue weighted by Crippen LogP contribution is -1.84. The Morgan fingerprint density at radius 1 is 1.36 bits per heavy atom. The number of aromatic nitrogens is 2. The standard InChI is InChI=1S/C9H10N2/c1-6-5-11-8-3-4-10-9(8)7(6)2/h3-5,10H,1-2H3. The maximum absolute atomic E-state index is 4.27. The zero-order chi connectivity index (χ0) is 7.84. The predicted octanol–water partition coefficient (Wildman–Crippen LogP) is 2.18. The zero-order valence-electron chi connectivity index (χ0n) is 6.68. The Kier molecular flexibility index (Phi) is 1.22. The summed E-state index contributed by atoms with van der Waals surface area (Å²) in [4.78, 5) is 7.44. The van der Waals surface area contributed by atoms with Crippen LogP contribution in [-0.2, 0) is 0 Å². The van der Waals surface area contributed by atoms with Gasteiger partial charge in [0.25, 0.3) is 0 Å². The highest BCUT2D eigenvalue weighted by Gasteiger charge is 2.00. The highest BCUT2D eigenvalue weighted by atomic mass is 14.8. The number of nitrogens with one attached hydrogen (secondary N) is 1. The van der Waals surface area contributed by atoms with Gasteiger partial charge in [-0.1, -0.05) is 0 Å². The first-order chi connectivity index (χ1) is 5.29. The first-order valence-corrected chi connectivity index (χ1v) is 3.68. The molecule has 0 saturated heterocycles. The molecule has 0 aliphatic heterocycles.